The second-order valence-electron chi connectivity index (χ2n) is 5.50. The van der Waals surface area contributed by atoms with E-state index in [4.69, 9.17) is 5.73 Å². The van der Waals surface area contributed by atoms with Crippen LogP contribution in [0.1, 0.15) is 46.0 Å². The molecule has 1 aliphatic rings. The Kier molecular flexibility index (Phi) is 5.73. The zero-order chi connectivity index (χ0) is 12.0. The Bertz CT molecular complexity index is 194. The number of nitrogens with two attached hydrogens (primary N) is 1. The van der Waals surface area contributed by atoms with Gasteiger partial charge in [0.15, 0.2) is 0 Å². The van der Waals surface area contributed by atoms with Crippen LogP contribution in [0.25, 0.3) is 0 Å². The van der Waals surface area contributed by atoms with E-state index in [1.54, 1.807) is 0 Å². The van der Waals surface area contributed by atoms with Crippen LogP contribution in [-0.2, 0) is 0 Å². The highest BCUT2D eigenvalue weighted by atomic mass is 16.3. The van der Waals surface area contributed by atoms with Gasteiger partial charge in [-0.2, -0.15) is 0 Å². The van der Waals surface area contributed by atoms with E-state index in [2.05, 4.69) is 11.8 Å². The van der Waals surface area contributed by atoms with E-state index in [-0.39, 0.29) is 0 Å². The van der Waals surface area contributed by atoms with Gasteiger partial charge in [-0.25, -0.2) is 0 Å². The fourth-order valence-corrected chi connectivity index (χ4v) is 2.36. The van der Waals surface area contributed by atoms with Crippen LogP contribution in [0.15, 0.2) is 0 Å². The topological polar surface area (TPSA) is 49.5 Å². The van der Waals surface area contributed by atoms with E-state index in [1.807, 2.05) is 6.92 Å². The Balaban J connectivity index is 2.27. The zero-order valence-electron chi connectivity index (χ0n) is 10.9. The smallest absolute Gasteiger partial charge is 0.0753 e. The van der Waals surface area contributed by atoms with Crippen LogP contribution in [0.2, 0.25) is 0 Å². The van der Waals surface area contributed by atoms with Gasteiger partial charge in [0, 0.05) is 13.1 Å². The lowest BCUT2D eigenvalue weighted by Crippen LogP contribution is -2.39. The van der Waals surface area contributed by atoms with Gasteiger partial charge in [-0.05, 0) is 51.6 Å². The number of hydrogen-bond acceptors (Lipinski definition) is 3. The molecule has 0 radical (unpaired) electrons. The molecule has 0 spiro atoms. The third-order valence-corrected chi connectivity index (χ3v) is 3.92. The van der Waals surface area contributed by atoms with E-state index in [9.17, 15) is 5.11 Å². The van der Waals surface area contributed by atoms with Crippen molar-refractivity contribution < 1.29 is 5.11 Å². The Labute approximate surface area is 100 Å². The van der Waals surface area contributed by atoms with Gasteiger partial charge in [-0.3, -0.25) is 0 Å². The van der Waals surface area contributed by atoms with Gasteiger partial charge in [0.05, 0.1) is 5.60 Å². The first-order chi connectivity index (χ1) is 7.57. The van der Waals surface area contributed by atoms with Gasteiger partial charge in [0.2, 0.25) is 0 Å². The monoisotopic (exact) mass is 228 g/mol. The van der Waals surface area contributed by atoms with E-state index in [0.29, 0.717) is 6.54 Å². The maximum absolute atomic E-state index is 9.87. The molecule has 1 heterocycles. The Morgan fingerprint density at radius 1 is 1.38 bits per heavy atom. The zero-order valence-corrected chi connectivity index (χ0v) is 10.9. The summed E-state index contributed by atoms with van der Waals surface area (Å²) in [4.78, 5) is 2.49. The molecular weight excluding hydrogens is 200 g/mol. The molecule has 1 rings (SSSR count). The predicted molar refractivity (Wildman–Crippen MR) is 68.4 cm³/mol. The fourth-order valence-electron chi connectivity index (χ4n) is 2.36. The average molecular weight is 228 g/mol. The largest absolute Gasteiger partial charge is 0.389 e. The molecule has 0 aliphatic carbocycles. The van der Waals surface area contributed by atoms with Gasteiger partial charge in [-0.1, -0.05) is 13.3 Å². The summed E-state index contributed by atoms with van der Waals surface area (Å²) < 4.78 is 0. The first kappa shape index (κ1) is 13.9. The summed E-state index contributed by atoms with van der Waals surface area (Å²) in [5.41, 5.74) is 4.84. The molecule has 3 heteroatoms. The Hall–Kier alpha value is -0.120. The lowest BCUT2D eigenvalue weighted by molar-refractivity contribution is 0.0479. The molecule has 1 aliphatic heterocycles. The number of hydrogen-bond donors (Lipinski definition) is 2. The van der Waals surface area contributed by atoms with E-state index < -0.39 is 5.60 Å². The molecule has 16 heavy (non-hydrogen) atoms. The van der Waals surface area contributed by atoms with Crippen molar-refractivity contribution in [1.29, 1.82) is 0 Å². The molecule has 0 amide bonds. The molecule has 96 valence electrons. The minimum Gasteiger partial charge on any atom is -0.389 e. The summed E-state index contributed by atoms with van der Waals surface area (Å²) >= 11 is 0. The second kappa shape index (κ2) is 6.58. The van der Waals surface area contributed by atoms with Crippen LogP contribution in [0, 0.1) is 5.92 Å². The lowest BCUT2D eigenvalue weighted by Gasteiger charge is -2.26. The minimum atomic E-state index is -0.684. The maximum atomic E-state index is 9.87. The van der Waals surface area contributed by atoms with Gasteiger partial charge in [0.25, 0.3) is 0 Å². The number of rotatable bonds is 5. The highest BCUT2D eigenvalue weighted by Gasteiger charge is 2.21. The Morgan fingerprint density at radius 2 is 2.12 bits per heavy atom. The van der Waals surface area contributed by atoms with Gasteiger partial charge >= 0.3 is 0 Å². The lowest BCUT2D eigenvalue weighted by atomic mass is 9.98. The van der Waals surface area contributed by atoms with Crippen molar-refractivity contribution in [2.75, 3.05) is 26.2 Å². The second-order valence-corrected chi connectivity index (χ2v) is 5.50. The van der Waals surface area contributed by atoms with Crippen molar-refractivity contribution >= 4 is 0 Å². The fraction of sp³-hybridized carbons (Fsp3) is 1.00. The van der Waals surface area contributed by atoms with Crippen molar-refractivity contribution in [1.82, 2.24) is 4.90 Å². The summed E-state index contributed by atoms with van der Waals surface area (Å²) in [6.45, 7) is 7.86. The van der Waals surface area contributed by atoms with Crippen molar-refractivity contribution in [2.24, 2.45) is 11.7 Å². The molecule has 0 aromatic rings. The molecule has 3 N–H and O–H groups in total. The minimum absolute atomic E-state index is 0.360. The highest BCUT2D eigenvalue weighted by molar-refractivity contribution is 4.77. The van der Waals surface area contributed by atoms with Crippen molar-refractivity contribution in [3.63, 3.8) is 0 Å². The molecule has 0 aromatic carbocycles. The number of likely N-dealkylation sites (tertiary alicyclic amines) is 1. The molecule has 1 fully saturated rings. The summed E-state index contributed by atoms with van der Waals surface area (Å²) in [7, 11) is 0. The maximum Gasteiger partial charge on any atom is 0.0753 e. The van der Waals surface area contributed by atoms with Crippen molar-refractivity contribution in [3.05, 3.63) is 0 Å². The van der Waals surface area contributed by atoms with Crippen LogP contribution in [-0.4, -0.2) is 41.8 Å². The van der Waals surface area contributed by atoms with Gasteiger partial charge in [-0.15, -0.1) is 0 Å². The van der Waals surface area contributed by atoms with Crippen molar-refractivity contribution in [3.8, 4) is 0 Å². The Morgan fingerprint density at radius 3 is 2.75 bits per heavy atom. The number of aliphatic hydroxyl groups is 1. The summed E-state index contributed by atoms with van der Waals surface area (Å²) in [5.74, 6) is 0.917. The third-order valence-electron chi connectivity index (χ3n) is 3.92. The molecule has 2 atom stereocenters. The van der Waals surface area contributed by atoms with E-state index in [1.165, 1.54) is 38.8 Å². The normalized spacial score (nSPS) is 27.4. The average Bonchev–Trinajstić information content (AvgIpc) is 2.51. The standard InChI is InChI=1S/C13H28N2O/c1-3-12-5-4-8-15(9-6-12)10-7-13(2,16)11-14/h12,16H,3-11,14H2,1-2H3. The summed E-state index contributed by atoms with van der Waals surface area (Å²) in [6, 6.07) is 0. The highest BCUT2D eigenvalue weighted by Crippen LogP contribution is 2.20. The molecular formula is C13H28N2O. The molecule has 3 nitrogen and oxygen atoms in total. The predicted octanol–water partition coefficient (Wildman–Crippen LogP) is 1.60. The van der Waals surface area contributed by atoms with Crippen LogP contribution >= 0.6 is 0 Å². The molecule has 2 unspecified atom stereocenters. The van der Waals surface area contributed by atoms with Gasteiger partial charge in [0.1, 0.15) is 0 Å². The summed E-state index contributed by atoms with van der Waals surface area (Å²) in [6.07, 6.45) is 6.11. The molecule has 0 aromatic heterocycles. The first-order valence-corrected chi connectivity index (χ1v) is 6.72. The first-order valence-electron chi connectivity index (χ1n) is 6.72. The quantitative estimate of drug-likeness (QED) is 0.751. The van der Waals surface area contributed by atoms with Crippen LogP contribution in [0.4, 0.5) is 0 Å². The van der Waals surface area contributed by atoms with Gasteiger partial charge < -0.3 is 15.7 Å². The van der Waals surface area contributed by atoms with Crippen LogP contribution < -0.4 is 5.73 Å². The summed E-state index contributed by atoms with van der Waals surface area (Å²) in [5, 5.41) is 9.87. The molecule has 1 saturated heterocycles. The van der Waals surface area contributed by atoms with Crippen LogP contribution in [0.3, 0.4) is 0 Å². The van der Waals surface area contributed by atoms with E-state index in [0.717, 1.165) is 18.9 Å². The van der Waals surface area contributed by atoms with Crippen molar-refractivity contribution in [2.45, 2.75) is 51.6 Å². The third kappa shape index (κ3) is 4.81. The molecule has 0 saturated carbocycles. The number of nitrogens with zero attached hydrogens (tertiary/aromatic N) is 1. The van der Waals surface area contributed by atoms with Crippen LogP contribution in [0.5, 0.6) is 0 Å². The SMILES string of the molecule is CCC1CCCN(CCC(C)(O)CN)CC1. The molecule has 0 bridgehead atoms. The van der Waals surface area contributed by atoms with E-state index >= 15 is 0 Å².